The Hall–Kier alpha value is -2.66. The average molecular weight is 576 g/mol. The molecule has 0 aromatic heterocycles. The zero-order valence-corrected chi connectivity index (χ0v) is 25.1. The average Bonchev–Trinajstić information content (AvgIpc) is 2.99. The van der Waals surface area contributed by atoms with E-state index in [-0.39, 0.29) is 19.0 Å². The number of esters is 1. The van der Waals surface area contributed by atoms with E-state index >= 15 is 0 Å². The molecule has 1 aliphatic rings. The van der Waals surface area contributed by atoms with Crippen LogP contribution in [0.3, 0.4) is 0 Å². The highest BCUT2D eigenvalue weighted by Gasteiger charge is 2.42. The first kappa shape index (κ1) is 31.3. The highest BCUT2D eigenvalue weighted by Crippen LogP contribution is 2.44. The van der Waals surface area contributed by atoms with Crippen molar-refractivity contribution in [2.24, 2.45) is 5.73 Å². The fourth-order valence-corrected chi connectivity index (χ4v) is 6.39. The van der Waals surface area contributed by atoms with E-state index in [1.165, 1.54) is 76.2 Å². The smallest absolute Gasteiger partial charge is 0.309 e. The van der Waals surface area contributed by atoms with Crippen molar-refractivity contribution in [1.29, 1.82) is 0 Å². The van der Waals surface area contributed by atoms with Crippen LogP contribution >= 0.6 is 11.6 Å². The van der Waals surface area contributed by atoms with Crippen molar-refractivity contribution in [3.63, 3.8) is 0 Å². The second-order valence-corrected chi connectivity index (χ2v) is 11.6. The SMILES string of the molecule is NCCOCCC(=O)OC(c1ccccc1)(c1ccc(C2CCCCCCCCCCC2)cc1)c1ccccc1Cl. The van der Waals surface area contributed by atoms with E-state index < -0.39 is 5.60 Å². The third kappa shape index (κ3) is 8.67. The Morgan fingerprint density at radius 3 is 1.90 bits per heavy atom. The van der Waals surface area contributed by atoms with E-state index in [0.717, 1.165) is 16.7 Å². The molecule has 1 atom stereocenters. The lowest BCUT2D eigenvalue weighted by molar-refractivity contribution is -0.154. The molecule has 2 N–H and O–H groups in total. The molecule has 220 valence electrons. The zero-order valence-electron chi connectivity index (χ0n) is 24.4. The van der Waals surface area contributed by atoms with Gasteiger partial charge in [0.15, 0.2) is 5.60 Å². The van der Waals surface area contributed by atoms with Crippen molar-refractivity contribution >= 4 is 17.6 Å². The Kier molecular flexibility index (Phi) is 12.7. The first-order valence-corrected chi connectivity index (χ1v) is 15.9. The molecular weight excluding hydrogens is 530 g/mol. The predicted octanol–water partition coefficient (Wildman–Crippen LogP) is 8.93. The minimum Gasteiger partial charge on any atom is -0.444 e. The van der Waals surface area contributed by atoms with E-state index in [9.17, 15) is 4.79 Å². The second kappa shape index (κ2) is 16.7. The molecule has 3 aromatic carbocycles. The quantitative estimate of drug-likeness (QED) is 0.149. The maximum Gasteiger partial charge on any atom is 0.309 e. The van der Waals surface area contributed by atoms with Gasteiger partial charge in [0.1, 0.15) is 0 Å². The van der Waals surface area contributed by atoms with Crippen molar-refractivity contribution in [1.82, 2.24) is 0 Å². The molecule has 0 saturated heterocycles. The molecule has 0 bridgehead atoms. The van der Waals surface area contributed by atoms with E-state index in [1.54, 1.807) is 0 Å². The summed E-state index contributed by atoms with van der Waals surface area (Å²) in [7, 11) is 0. The molecule has 1 fully saturated rings. The summed E-state index contributed by atoms with van der Waals surface area (Å²) < 4.78 is 12.0. The van der Waals surface area contributed by atoms with Gasteiger partial charge in [-0.25, -0.2) is 0 Å². The summed E-state index contributed by atoms with van der Waals surface area (Å²) in [5.41, 5.74) is 8.18. The van der Waals surface area contributed by atoms with Gasteiger partial charge in [-0.3, -0.25) is 4.79 Å². The normalized spacial score (nSPS) is 17.1. The Morgan fingerprint density at radius 1 is 0.732 bits per heavy atom. The Balaban J connectivity index is 1.70. The lowest BCUT2D eigenvalue weighted by atomic mass is 9.78. The molecule has 1 unspecified atom stereocenters. The van der Waals surface area contributed by atoms with E-state index in [4.69, 9.17) is 26.8 Å². The minimum atomic E-state index is -1.20. The molecule has 0 amide bonds. The number of ether oxygens (including phenoxy) is 2. The van der Waals surface area contributed by atoms with Gasteiger partial charge in [0.2, 0.25) is 0 Å². The maximum atomic E-state index is 13.4. The van der Waals surface area contributed by atoms with Crippen LogP contribution in [0.1, 0.15) is 105 Å². The first-order chi connectivity index (χ1) is 20.1. The van der Waals surface area contributed by atoms with Crippen LogP contribution in [0, 0.1) is 0 Å². The van der Waals surface area contributed by atoms with Crippen molar-refractivity contribution in [2.45, 2.75) is 88.6 Å². The first-order valence-electron chi connectivity index (χ1n) is 15.6. The molecule has 4 rings (SSSR count). The zero-order chi connectivity index (χ0) is 28.8. The number of hydrogen-bond donors (Lipinski definition) is 1. The second-order valence-electron chi connectivity index (χ2n) is 11.2. The van der Waals surface area contributed by atoms with Gasteiger partial charge in [0.05, 0.1) is 19.6 Å². The minimum absolute atomic E-state index is 0.124. The van der Waals surface area contributed by atoms with Gasteiger partial charge < -0.3 is 15.2 Å². The van der Waals surface area contributed by atoms with Crippen molar-refractivity contribution in [2.75, 3.05) is 19.8 Å². The van der Waals surface area contributed by atoms with Gasteiger partial charge in [-0.1, -0.05) is 142 Å². The molecule has 0 spiro atoms. The Morgan fingerprint density at radius 2 is 1.29 bits per heavy atom. The van der Waals surface area contributed by atoms with Crippen molar-refractivity contribution in [3.05, 3.63) is 106 Å². The fourth-order valence-electron chi connectivity index (χ4n) is 6.12. The number of rotatable bonds is 10. The van der Waals surface area contributed by atoms with Gasteiger partial charge in [-0.15, -0.1) is 0 Å². The molecule has 1 aliphatic carbocycles. The van der Waals surface area contributed by atoms with Gasteiger partial charge in [0, 0.05) is 28.3 Å². The van der Waals surface area contributed by atoms with Crippen LogP contribution in [0.5, 0.6) is 0 Å². The molecule has 0 aliphatic heterocycles. The summed E-state index contributed by atoms with van der Waals surface area (Å²) in [6.45, 7) is 1.07. The van der Waals surface area contributed by atoms with Crippen molar-refractivity contribution in [3.8, 4) is 0 Å². The number of benzene rings is 3. The molecule has 5 heteroatoms. The number of carbonyl (C=O) groups excluding carboxylic acids is 1. The summed E-state index contributed by atoms with van der Waals surface area (Å²) in [5.74, 6) is 0.200. The standard InChI is InChI=1S/C36H46ClNO3/c37-34-20-14-13-19-33(34)36(31-17-11-8-12-18-31,41-35(39)25-27-40-28-26-38)32-23-21-30(22-24-32)29-15-9-6-4-2-1-3-5-7-10-16-29/h8,11-14,17-24,29H,1-7,9-10,15-16,25-28,38H2. The molecule has 41 heavy (non-hydrogen) atoms. The van der Waals surface area contributed by atoms with Gasteiger partial charge in [-0.05, 0) is 30.4 Å². The van der Waals surface area contributed by atoms with Crippen molar-refractivity contribution < 1.29 is 14.3 Å². The van der Waals surface area contributed by atoms with Crippen LogP contribution in [0.25, 0.3) is 0 Å². The lowest BCUT2D eigenvalue weighted by Crippen LogP contribution is -2.36. The van der Waals surface area contributed by atoms with Gasteiger partial charge in [0.25, 0.3) is 0 Å². The van der Waals surface area contributed by atoms with Crippen LogP contribution < -0.4 is 5.73 Å². The molecular formula is C36H46ClNO3. The monoisotopic (exact) mass is 575 g/mol. The molecule has 1 saturated carbocycles. The van der Waals surface area contributed by atoms with Crippen LogP contribution in [0.4, 0.5) is 0 Å². The summed E-state index contributed by atoms with van der Waals surface area (Å²) in [5, 5.41) is 0.548. The maximum absolute atomic E-state index is 13.4. The lowest BCUT2D eigenvalue weighted by Gasteiger charge is -2.36. The van der Waals surface area contributed by atoms with E-state index in [0.29, 0.717) is 24.1 Å². The molecule has 0 heterocycles. The number of halogens is 1. The Bertz CT molecular complexity index is 1170. The summed E-state index contributed by atoms with van der Waals surface area (Å²) in [6.07, 6.45) is 14.6. The third-order valence-corrected chi connectivity index (χ3v) is 8.64. The summed E-state index contributed by atoms with van der Waals surface area (Å²) in [4.78, 5) is 13.4. The van der Waals surface area contributed by atoms with Crippen LogP contribution in [-0.4, -0.2) is 25.7 Å². The molecule has 3 aromatic rings. The van der Waals surface area contributed by atoms with Gasteiger partial charge in [-0.2, -0.15) is 0 Å². The summed E-state index contributed by atoms with van der Waals surface area (Å²) in [6, 6.07) is 26.3. The summed E-state index contributed by atoms with van der Waals surface area (Å²) >= 11 is 6.85. The third-order valence-electron chi connectivity index (χ3n) is 8.31. The Labute approximate surface area is 251 Å². The topological polar surface area (TPSA) is 61.5 Å². The van der Waals surface area contributed by atoms with Crippen LogP contribution in [0.15, 0.2) is 78.9 Å². The largest absolute Gasteiger partial charge is 0.444 e. The highest BCUT2D eigenvalue weighted by atomic mass is 35.5. The highest BCUT2D eigenvalue weighted by molar-refractivity contribution is 6.31. The molecule has 4 nitrogen and oxygen atoms in total. The predicted molar refractivity (Wildman–Crippen MR) is 168 cm³/mol. The fraction of sp³-hybridized carbons (Fsp3) is 0.472. The number of nitrogens with two attached hydrogens (primary N) is 1. The van der Waals surface area contributed by atoms with E-state index in [2.05, 4.69) is 24.3 Å². The number of hydrogen-bond acceptors (Lipinski definition) is 4. The van der Waals surface area contributed by atoms with Crippen LogP contribution in [0.2, 0.25) is 5.02 Å². The number of carbonyl (C=O) groups is 1. The molecule has 0 radical (unpaired) electrons. The van der Waals surface area contributed by atoms with Gasteiger partial charge >= 0.3 is 5.97 Å². The van der Waals surface area contributed by atoms with Crippen LogP contribution in [-0.2, 0) is 19.9 Å². The van der Waals surface area contributed by atoms with E-state index in [1.807, 2.05) is 54.6 Å².